The Kier molecular flexibility index (Phi) is 4.58. The first-order valence-electron chi connectivity index (χ1n) is 7.86. The minimum absolute atomic E-state index is 0.0113. The molecule has 2 unspecified atom stereocenters. The van der Waals surface area contributed by atoms with E-state index < -0.39 is 15.8 Å². The Bertz CT molecular complexity index is 748. The molecule has 1 aromatic carbocycles. The highest BCUT2D eigenvalue weighted by Gasteiger charge is 2.41. The van der Waals surface area contributed by atoms with E-state index >= 15 is 0 Å². The lowest BCUT2D eigenvalue weighted by Crippen LogP contribution is -2.39. The third-order valence-electron chi connectivity index (χ3n) is 4.56. The minimum Gasteiger partial charge on any atom is -0.352 e. The summed E-state index contributed by atoms with van der Waals surface area (Å²) in [6.45, 7) is 0.524. The van der Waals surface area contributed by atoms with Gasteiger partial charge in [0.2, 0.25) is 11.8 Å². The van der Waals surface area contributed by atoms with E-state index in [4.69, 9.17) is 0 Å². The fraction of sp³-hybridized carbons (Fsp3) is 0.500. The van der Waals surface area contributed by atoms with Crippen molar-refractivity contribution in [1.82, 2.24) is 10.2 Å². The van der Waals surface area contributed by atoms with Gasteiger partial charge in [-0.15, -0.1) is 0 Å². The molecule has 0 spiro atoms. The van der Waals surface area contributed by atoms with E-state index in [0.717, 1.165) is 5.56 Å². The summed E-state index contributed by atoms with van der Waals surface area (Å²) in [5.74, 6) is -1.13. The van der Waals surface area contributed by atoms with Gasteiger partial charge in [-0.2, -0.15) is 0 Å². The predicted octanol–water partition coefficient (Wildman–Crippen LogP) is 0.477. The number of nitrogens with zero attached hydrogens (tertiary/aromatic N) is 1. The van der Waals surface area contributed by atoms with E-state index in [9.17, 15) is 22.4 Å². The number of benzene rings is 1. The molecule has 2 fully saturated rings. The number of carbonyl (C=O) groups excluding carboxylic acids is 2. The third kappa shape index (κ3) is 3.75. The number of amides is 2. The Labute approximate surface area is 139 Å². The van der Waals surface area contributed by atoms with Crippen LogP contribution >= 0.6 is 0 Å². The largest absolute Gasteiger partial charge is 0.352 e. The molecular formula is C16H19FN2O4S. The highest BCUT2D eigenvalue weighted by Crippen LogP contribution is 2.26. The third-order valence-corrected chi connectivity index (χ3v) is 6.31. The van der Waals surface area contributed by atoms with Gasteiger partial charge in [-0.25, -0.2) is 12.8 Å². The summed E-state index contributed by atoms with van der Waals surface area (Å²) in [5, 5.41) is 2.75. The van der Waals surface area contributed by atoms with Crippen LogP contribution < -0.4 is 5.32 Å². The molecule has 6 nitrogen and oxygen atoms in total. The van der Waals surface area contributed by atoms with Crippen molar-refractivity contribution in [1.29, 1.82) is 0 Å². The van der Waals surface area contributed by atoms with Crippen LogP contribution in [0.15, 0.2) is 24.3 Å². The molecule has 2 atom stereocenters. The van der Waals surface area contributed by atoms with Crippen molar-refractivity contribution in [2.75, 3.05) is 18.1 Å². The van der Waals surface area contributed by atoms with Crippen molar-refractivity contribution in [3.63, 3.8) is 0 Å². The van der Waals surface area contributed by atoms with Gasteiger partial charge in [0.15, 0.2) is 9.84 Å². The number of halogens is 1. The molecular weight excluding hydrogens is 335 g/mol. The summed E-state index contributed by atoms with van der Waals surface area (Å²) >= 11 is 0. The molecule has 0 bridgehead atoms. The lowest BCUT2D eigenvalue weighted by atomic mass is 10.1. The minimum atomic E-state index is -3.07. The molecule has 2 heterocycles. The van der Waals surface area contributed by atoms with Crippen LogP contribution in [0.1, 0.15) is 18.4 Å². The van der Waals surface area contributed by atoms with Crippen molar-refractivity contribution >= 4 is 21.7 Å². The SMILES string of the molecule is O=C(NCc1ccc(F)cc1)C1CC(=O)N(C2CCS(=O)(=O)C2)C1. The van der Waals surface area contributed by atoms with Crippen molar-refractivity contribution in [3.8, 4) is 0 Å². The van der Waals surface area contributed by atoms with Gasteiger partial charge in [-0.1, -0.05) is 12.1 Å². The molecule has 0 aromatic heterocycles. The quantitative estimate of drug-likeness (QED) is 0.852. The van der Waals surface area contributed by atoms with Gasteiger partial charge in [0.25, 0.3) is 0 Å². The zero-order chi connectivity index (χ0) is 17.3. The van der Waals surface area contributed by atoms with Crippen LogP contribution in [-0.2, 0) is 26.0 Å². The average molecular weight is 354 g/mol. The van der Waals surface area contributed by atoms with Gasteiger partial charge in [0.1, 0.15) is 5.82 Å². The van der Waals surface area contributed by atoms with E-state index in [0.29, 0.717) is 6.42 Å². The molecule has 0 aliphatic carbocycles. The second kappa shape index (κ2) is 6.51. The summed E-state index contributed by atoms with van der Waals surface area (Å²) in [4.78, 5) is 25.9. The smallest absolute Gasteiger partial charge is 0.225 e. The molecule has 1 N–H and O–H groups in total. The summed E-state index contributed by atoms with van der Waals surface area (Å²) in [6.07, 6.45) is 0.545. The van der Waals surface area contributed by atoms with E-state index in [2.05, 4.69) is 5.32 Å². The lowest BCUT2D eigenvalue weighted by molar-refractivity contribution is -0.130. The molecule has 1 aromatic rings. The zero-order valence-corrected chi connectivity index (χ0v) is 13.9. The van der Waals surface area contributed by atoms with Crippen LogP contribution in [-0.4, -0.2) is 49.2 Å². The van der Waals surface area contributed by atoms with Gasteiger partial charge in [-0.3, -0.25) is 9.59 Å². The van der Waals surface area contributed by atoms with Gasteiger partial charge in [0.05, 0.1) is 17.4 Å². The maximum atomic E-state index is 12.8. The second-order valence-electron chi connectivity index (χ2n) is 6.35. The average Bonchev–Trinajstić information content (AvgIpc) is 3.09. The van der Waals surface area contributed by atoms with Crippen molar-refractivity contribution in [2.45, 2.75) is 25.4 Å². The molecule has 2 aliphatic rings. The number of sulfone groups is 1. The maximum Gasteiger partial charge on any atom is 0.225 e. The summed E-state index contributed by atoms with van der Waals surface area (Å²) in [6, 6.07) is 5.51. The molecule has 2 saturated heterocycles. The zero-order valence-electron chi connectivity index (χ0n) is 13.1. The fourth-order valence-electron chi connectivity index (χ4n) is 3.22. The predicted molar refractivity (Wildman–Crippen MR) is 85.1 cm³/mol. The first-order chi connectivity index (χ1) is 11.3. The van der Waals surface area contributed by atoms with Crippen molar-refractivity contribution < 1.29 is 22.4 Å². The molecule has 24 heavy (non-hydrogen) atoms. The van der Waals surface area contributed by atoms with E-state index in [1.165, 1.54) is 17.0 Å². The molecule has 2 amide bonds. The lowest BCUT2D eigenvalue weighted by Gasteiger charge is -2.22. The number of carbonyl (C=O) groups is 2. The fourth-order valence-corrected chi connectivity index (χ4v) is 4.95. The summed E-state index contributed by atoms with van der Waals surface area (Å²) in [5.41, 5.74) is 0.771. The highest BCUT2D eigenvalue weighted by molar-refractivity contribution is 7.91. The number of nitrogens with one attached hydrogen (secondary N) is 1. The van der Waals surface area contributed by atoms with Crippen LogP contribution in [0.3, 0.4) is 0 Å². The first kappa shape index (κ1) is 16.9. The Morgan fingerprint density at radius 1 is 1.29 bits per heavy atom. The van der Waals surface area contributed by atoms with E-state index in [-0.39, 0.29) is 54.7 Å². The highest BCUT2D eigenvalue weighted by atomic mass is 32.2. The first-order valence-corrected chi connectivity index (χ1v) is 9.68. The monoisotopic (exact) mass is 354 g/mol. The Balaban J connectivity index is 1.55. The number of likely N-dealkylation sites (tertiary alicyclic amines) is 1. The van der Waals surface area contributed by atoms with Gasteiger partial charge in [0, 0.05) is 25.6 Å². The summed E-state index contributed by atoms with van der Waals surface area (Å²) < 4.78 is 36.0. The van der Waals surface area contributed by atoms with Crippen LogP contribution in [0.5, 0.6) is 0 Å². The maximum absolute atomic E-state index is 12.8. The van der Waals surface area contributed by atoms with Crippen molar-refractivity contribution in [3.05, 3.63) is 35.6 Å². The van der Waals surface area contributed by atoms with E-state index in [1.807, 2.05) is 0 Å². The van der Waals surface area contributed by atoms with Gasteiger partial charge >= 0.3 is 0 Å². The molecule has 130 valence electrons. The Hall–Kier alpha value is -1.96. The summed E-state index contributed by atoms with van der Waals surface area (Å²) in [7, 11) is -3.07. The molecule has 0 radical (unpaired) electrons. The second-order valence-corrected chi connectivity index (χ2v) is 8.58. The Morgan fingerprint density at radius 2 is 2.00 bits per heavy atom. The Morgan fingerprint density at radius 3 is 2.62 bits per heavy atom. The standard InChI is InChI=1S/C16H19FN2O4S/c17-13-3-1-11(2-4-13)8-18-16(21)12-7-15(20)19(9-12)14-5-6-24(22,23)10-14/h1-4,12,14H,5-10H2,(H,18,21). The van der Waals surface area contributed by atoms with Crippen LogP contribution in [0, 0.1) is 11.7 Å². The molecule has 0 saturated carbocycles. The normalized spacial score (nSPS) is 25.9. The van der Waals surface area contributed by atoms with Crippen LogP contribution in [0.25, 0.3) is 0 Å². The van der Waals surface area contributed by atoms with Gasteiger partial charge < -0.3 is 10.2 Å². The molecule has 8 heteroatoms. The van der Waals surface area contributed by atoms with Crippen LogP contribution in [0.2, 0.25) is 0 Å². The number of rotatable bonds is 4. The molecule has 2 aliphatic heterocycles. The van der Waals surface area contributed by atoms with Gasteiger partial charge in [-0.05, 0) is 24.1 Å². The van der Waals surface area contributed by atoms with E-state index in [1.54, 1.807) is 12.1 Å². The van der Waals surface area contributed by atoms with Crippen LogP contribution in [0.4, 0.5) is 4.39 Å². The number of hydrogen-bond donors (Lipinski definition) is 1. The molecule has 3 rings (SSSR count). The van der Waals surface area contributed by atoms with Crippen molar-refractivity contribution in [2.24, 2.45) is 5.92 Å². The topological polar surface area (TPSA) is 83.6 Å². The number of hydrogen-bond acceptors (Lipinski definition) is 4.